The number of rotatable bonds is 6. The van der Waals surface area contributed by atoms with Crippen molar-refractivity contribution in [3.05, 3.63) is 80.0 Å². The zero-order valence-electron chi connectivity index (χ0n) is 17.1. The van der Waals surface area contributed by atoms with Crippen molar-refractivity contribution in [2.75, 3.05) is 5.32 Å². The SMILES string of the molecule is Cc1ccc(CN(Cc2cccs2)S(=O)(=O)c2ccc3c(c2)CCCC(=O)N3)c(Br)c1. The lowest BCUT2D eigenvalue weighted by atomic mass is 10.1. The number of amides is 1. The van der Waals surface area contributed by atoms with Crippen LogP contribution in [0, 0.1) is 6.92 Å². The van der Waals surface area contributed by atoms with Crippen LogP contribution in [0.4, 0.5) is 5.69 Å². The lowest BCUT2D eigenvalue weighted by Gasteiger charge is -2.23. The first-order valence-electron chi connectivity index (χ1n) is 10.0. The Labute approximate surface area is 195 Å². The maximum Gasteiger partial charge on any atom is 0.243 e. The summed E-state index contributed by atoms with van der Waals surface area (Å²) in [7, 11) is -3.75. The van der Waals surface area contributed by atoms with Gasteiger partial charge in [-0.15, -0.1) is 11.3 Å². The molecule has 31 heavy (non-hydrogen) atoms. The van der Waals surface area contributed by atoms with Gasteiger partial charge in [0.2, 0.25) is 15.9 Å². The van der Waals surface area contributed by atoms with Gasteiger partial charge in [0, 0.05) is 34.5 Å². The molecule has 162 valence electrons. The molecule has 1 amide bonds. The fourth-order valence-corrected chi connectivity index (χ4v) is 6.50. The van der Waals surface area contributed by atoms with Crippen molar-refractivity contribution in [3.8, 4) is 0 Å². The van der Waals surface area contributed by atoms with Crippen molar-refractivity contribution < 1.29 is 13.2 Å². The van der Waals surface area contributed by atoms with E-state index in [1.807, 2.05) is 42.6 Å². The highest BCUT2D eigenvalue weighted by atomic mass is 79.9. The zero-order chi connectivity index (χ0) is 22.0. The van der Waals surface area contributed by atoms with Crippen LogP contribution in [0.1, 0.15) is 34.4 Å². The molecule has 4 rings (SSSR count). The van der Waals surface area contributed by atoms with Gasteiger partial charge in [0.05, 0.1) is 4.90 Å². The molecule has 1 aliphatic heterocycles. The number of fused-ring (bicyclic) bond motifs is 1. The van der Waals surface area contributed by atoms with E-state index in [0.29, 0.717) is 31.5 Å². The molecule has 1 aliphatic rings. The molecule has 0 spiro atoms. The highest BCUT2D eigenvalue weighted by Crippen LogP contribution is 2.30. The summed E-state index contributed by atoms with van der Waals surface area (Å²) in [5.41, 5.74) is 3.58. The number of aryl methyl sites for hydroxylation is 2. The summed E-state index contributed by atoms with van der Waals surface area (Å²) in [6.07, 6.45) is 1.83. The summed E-state index contributed by atoms with van der Waals surface area (Å²) in [6, 6.07) is 14.8. The van der Waals surface area contributed by atoms with Gasteiger partial charge in [-0.25, -0.2) is 8.42 Å². The predicted octanol–water partition coefficient (Wildman–Crippen LogP) is 5.48. The van der Waals surface area contributed by atoms with Crippen molar-refractivity contribution >= 4 is 48.9 Å². The average Bonchev–Trinajstić information content (AvgIpc) is 3.16. The number of carbonyl (C=O) groups is 1. The molecule has 1 N–H and O–H groups in total. The molecule has 0 atom stereocenters. The Kier molecular flexibility index (Phi) is 6.62. The number of thiophene rings is 1. The Morgan fingerprint density at radius 3 is 2.68 bits per heavy atom. The molecule has 0 bridgehead atoms. The highest BCUT2D eigenvalue weighted by Gasteiger charge is 2.27. The predicted molar refractivity (Wildman–Crippen MR) is 128 cm³/mol. The third kappa shape index (κ3) is 5.09. The average molecular weight is 519 g/mol. The second-order valence-corrected chi connectivity index (χ2v) is 11.5. The molecule has 0 fully saturated rings. The van der Waals surface area contributed by atoms with E-state index in [-0.39, 0.29) is 17.3 Å². The normalized spacial score (nSPS) is 14.2. The largest absolute Gasteiger partial charge is 0.326 e. The second-order valence-electron chi connectivity index (χ2n) is 7.67. The van der Waals surface area contributed by atoms with Gasteiger partial charge in [-0.1, -0.05) is 34.1 Å². The number of benzene rings is 2. The minimum absolute atomic E-state index is 0.0297. The van der Waals surface area contributed by atoms with Gasteiger partial charge in [-0.3, -0.25) is 4.79 Å². The van der Waals surface area contributed by atoms with Gasteiger partial charge < -0.3 is 5.32 Å². The first-order chi connectivity index (χ1) is 14.8. The Bertz CT molecular complexity index is 1210. The van der Waals surface area contributed by atoms with E-state index in [9.17, 15) is 13.2 Å². The molecule has 0 saturated carbocycles. The van der Waals surface area contributed by atoms with E-state index in [0.717, 1.165) is 26.0 Å². The summed E-state index contributed by atoms with van der Waals surface area (Å²) in [5, 5.41) is 4.82. The Morgan fingerprint density at radius 2 is 1.94 bits per heavy atom. The summed E-state index contributed by atoms with van der Waals surface area (Å²) >= 11 is 5.12. The van der Waals surface area contributed by atoms with Crippen molar-refractivity contribution in [1.82, 2.24) is 4.31 Å². The molecule has 0 unspecified atom stereocenters. The molecule has 2 heterocycles. The van der Waals surface area contributed by atoms with E-state index in [1.165, 1.54) is 4.31 Å². The van der Waals surface area contributed by atoms with Crippen LogP contribution < -0.4 is 5.32 Å². The van der Waals surface area contributed by atoms with Gasteiger partial charge in [-0.05, 0) is 72.2 Å². The molecule has 1 aromatic heterocycles. The van der Waals surface area contributed by atoms with Crippen LogP contribution in [0.25, 0.3) is 0 Å². The summed E-state index contributed by atoms with van der Waals surface area (Å²) < 4.78 is 29.8. The first-order valence-corrected chi connectivity index (χ1v) is 13.1. The molecule has 2 aromatic carbocycles. The van der Waals surface area contributed by atoms with Crippen molar-refractivity contribution in [3.63, 3.8) is 0 Å². The van der Waals surface area contributed by atoms with Gasteiger partial charge >= 0.3 is 0 Å². The minimum Gasteiger partial charge on any atom is -0.326 e. The highest BCUT2D eigenvalue weighted by molar-refractivity contribution is 9.10. The number of nitrogens with zero attached hydrogens (tertiary/aromatic N) is 1. The van der Waals surface area contributed by atoms with Gasteiger partial charge in [0.15, 0.2) is 0 Å². The minimum atomic E-state index is -3.75. The molecule has 5 nitrogen and oxygen atoms in total. The number of nitrogens with one attached hydrogen (secondary N) is 1. The molecule has 0 radical (unpaired) electrons. The molecule has 0 aliphatic carbocycles. The third-order valence-electron chi connectivity index (χ3n) is 5.31. The van der Waals surface area contributed by atoms with E-state index >= 15 is 0 Å². The zero-order valence-corrected chi connectivity index (χ0v) is 20.3. The Morgan fingerprint density at radius 1 is 1.10 bits per heavy atom. The van der Waals surface area contributed by atoms with Crippen LogP contribution in [-0.4, -0.2) is 18.6 Å². The fraction of sp³-hybridized carbons (Fsp3) is 0.261. The number of carbonyl (C=O) groups excluding carboxylic acids is 1. The van der Waals surface area contributed by atoms with Crippen molar-refractivity contribution in [2.45, 2.75) is 44.2 Å². The van der Waals surface area contributed by atoms with Gasteiger partial charge in [0.25, 0.3) is 0 Å². The Balaban J connectivity index is 1.71. The smallest absolute Gasteiger partial charge is 0.243 e. The number of hydrogen-bond donors (Lipinski definition) is 1. The Hall–Kier alpha value is -2.00. The monoisotopic (exact) mass is 518 g/mol. The van der Waals surface area contributed by atoms with Crippen LogP contribution in [-0.2, 0) is 34.3 Å². The van der Waals surface area contributed by atoms with Crippen LogP contribution in [0.3, 0.4) is 0 Å². The third-order valence-corrected chi connectivity index (χ3v) is 8.69. The first kappa shape index (κ1) is 22.2. The van der Waals surface area contributed by atoms with Crippen molar-refractivity contribution in [1.29, 1.82) is 0 Å². The number of hydrogen-bond acceptors (Lipinski definition) is 4. The quantitative estimate of drug-likeness (QED) is 0.469. The number of halogens is 1. The van der Waals surface area contributed by atoms with Crippen molar-refractivity contribution in [2.24, 2.45) is 0 Å². The van der Waals surface area contributed by atoms with E-state index in [2.05, 4.69) is 21.2 Å². The van der Waals surface area contributed by atoms with E-state index in [1.54, 1.807) is 29.5 Å². The molecular weight excluding hydrogens is 496 g/mol. The summed E-state index contributed by atoms with van der Waals surface area (Å²) in [5.74, 6) is -0.0297. The second kappa shape index (κ2) is 9.24. The maximum atomic E-state index is 13.7. The standard InChI is InChI=1S/C23H23BrN2O3S2/c1-16-7-8-18(21(24)12-16)14-26(15-19-5-3-11-30-19)31(28,29)20-9-10-22-17(13-20)4-2-6-23(27)25-22/h3,5,7-13H,2,4,6,14-15H2,1H3,(H,25,27). The van der Waals surface area contributed by atoms with E-state index in [4.69, 9.17) is 0 Å². The summed E-state index contributed by atoms with van der Waals surface area (Å²) in [6.45, 7) is 2.56. The molecule has 3 aromatic rings. The van der Waals surface area contributed by atoms with Crippen LogP contribution >= 0.6 is 27.3 Å². The molecule has 0 saturated heterocycles. The van der Waals surface area contributed by atoms with Gasteiger partial charge in [-0.2, -0.15) is 4.31 Å². The summed E-state index contributed by atoms with van der Waals surface area (Å²) in [4.78, 5) is 13.1. The molecule has 8 heteroatoms. The number of anilines is 1. The molecular formula is C23H23BrN2O3S2. The lowest BCUT2D eigenvalue weighted by Crippen LogP contribution is -2.30. The van der Waals surface area contributed by atoms with Gasteiger partial charge in [0.1, 0.15) is 0 Å². The lowest BCUT2D eigenvalue weighted by molar-refractivity contribution is -0.116. The fourth-order valence-electron chi connectivity index (χ4n) is 3.63. The van der Waals surface area contributed by atoms with Crippen LogP contribution in [0.2, 0.25) is 0 Å². The van der Waals surface area contributed by atoms with E-state index < -0.39 is 10.0 Å². The maximum absolute atomic E-state index is 13.7. The topological polar surface area (TPSA) is 66.5 Å². The van der Waals surface area contributed by atoms with Crippen LogP contribution in [0.15, 0.2) is 63.3 Å². The van der Waals surface area contributed by atoms with Crippen LogP contribution in [0.5, 0.6) is 0 Å². The number of sulfonamides is 1.